The second-order valence-corrected chi connectivity index (χ2v) is 5.28. The van der Waals surface area contributed by atoms with Gasteiger partial charge in [0.05, 0.1) is 0 Å². The van der Waals surface area contributed by atoms with E-state index in [0.29, 0.717) is 6.54 Å². The molecule has 1 saturated heterocycles. The Hall–Kier alpha value is -1.46. The van der Waals surface area contributed by atoms with Crippen molar-refractivity contribution in [3.05, 3.63) is 35.6 Å². The van der Waals surface area contributed by atoms with Crippen LogP contribution in [0, 0.1) is 11.7 Å². The minimum Gasteiger partial charge on any atom is -0.481 e. The van der Waals surface area contributed by atoms with Gasteiger partial charge in [-0.15, -0.1) is 0 Å². The van der Waals surface area contributed by atoms with E-state index in [1.165, 1.54) is 12.1 Å². The van der Waals surface area contributed by atoms with Crippen molar-refractivity contribution in [3.63, 3.8) is 0 Å². The molecule has 0 amide bonds. The lowest BCUT2D eigenvalue weighted by atomic mass is 9.91. The predicted molar refractivity (Wildman–Crippen MR) is 70.0 cm³/mol. The summed E-state index contributed by atoms with van der Waals surface area (Å²) >= 11 is 0. The molecule has 0 aromatic heterocycles. The van der Waals surface area contributed by atoms with E-state index in [-0.39, 0.29) is 24.2 Å². The average molecular weight is 266 g/mol. The van der Waals surface area contributed by atoms with Crippen molar-refractivity contribution in [1.29, 1.82) is 0 Å². The Balaban J connectivity index is 1.95. The van der Waals surface area contributed by atoms with Gasteiger partial charge in [-0.05, 0) is 30.0 Å². The van der Waals surface area contributed by atoms with Gasteiger partial charge in [0, 0.05) is 32.1 Å². The SMILES string of the molecule is NC1CC(CC(=O)O)CN(Cc2ccc(F)cc2)C1. The molecule has 0 radical (unpaired) electrons. The molecular weight excluding hydrogens is 247 g/mol. The Morgan fingerprint density at radius 1 is 1.37 bits per heavy atom. The Bertz CT molecular complexity index is 436. The lowest BCUT2D eigenvalue weighted by Gasteiger charge is -2.35. The maximum Gasteiger partial charge on any atom is 0.303 e. The zero-order valence-corrected chi connectivity index (χ0v) is 10.8. The Morgan fingerprint density at radius 2 is 2.05 bits per heavy atom. The number of carboxylic acids is 1. The zero-order valence-electron chi connectivity index (χ0n) is 10.8. The topological polar surface area (TPSA) is 66.6 Å². The third kappa shape index (κ3) is 4.29. The monoisotopic (exact) mass is 266 g/mol. The smallest absolute Gasteiger partial charge is 0.303 e. The maximum atomic E-state index is 12.8. The molecule has 0 aliphatic carbocycles. The Labute approximate surface area is 112 Å². The van der Waals surface area contributed by atoms with Gasteiger partial charge in [-0.25, -0.2) is 4.39 Å². The normalized spacial score (nSPS) is 24.3. The molecule has 19 heavy (non-hydrogen) atoms. The molecule has 0 saturated carbocycles. The lowest BCUT2D eigenvalue weighted by Crippen LogP contribution is -2.46. The van der Waals surface area contributed by atoms with Crippen LogP contribution in [0.1, 0.15) is 18.4 Å². The summed E-state index contributed by atoms with van der Waals surface area (Å²) in [6.45, 7) is 2.18. The summed E-state index contributed by atoms with van der Waals surface area (Å²) in [5.41, 5.74) is 6.99. The number of rotatable bonds is 4. The van der Waals surface area contributed by atoms with Crippen LogP contribution in [0.2, 0.25) is 0 Å². The summed E-state index contributed by atoms with van der Waals surface area (Å²) < 4.78 is 12.8. The van der Waals surface area contributed by atoms with Crippen LogP contribution in [0.3, 0.4) is 0 Å². The van der Waals surface area contributed by atoms with Crippen LogP contribution in [0.4, 0.5) is 4.39 Å². The van der Waals surface area contributed by atoms with Crippen molar-refractivity contribution in [1.82, 2.24) is 4.90 Å². The van der Waals surface area contributed by atoms with Gasteiger partial charge in [-0.2, -0.15) is 0 Å². The molecule has 104 valence electrons. The summed E-state index contributed by atoms with van der Waals surface area (Å²) in [7, 11) is 0. The molecule has 2 rings (SSSR count). The van der Waals surface area contributed by atoms with Crippen molar-refractivity contribution in [2.45, 2.75) is 25.4 Å². The summed E-state index contributed by atoms with van der Waals surface area (Å²) in [6.07, 6.45) is 0.917. The average Bonchev–Trinajstić information content (AvgIpc) is 2.30. The third-order valence-electron chi connectivity index (χ3n) is 3.43. The first kappa shape index (κ1) is 14.0. The van der Waals surface area contributed by atoms with E-state index in [9.17, 15) is 9.18 Å². The van der Waals surface area contributed by atoms with Crippen LogP contribution >= 0.6 is 0 Å². The summed E-state index contributed by atoms with van der Waals surface area (Å²) in [4.78, 5) is 12.9. The Kier molecular flexibility index (Phi) is 4.50. The van der Waals surface area contributed by atoms with Crippen molar-refractivity contribution in [3.8, 4) is 0 Å². The summed E-state index contributed by atoms with van der Waals surface area (Å²) in [6, 6.07) is 6.39. The number of aliphatic carboxylic acids is 1. The number of piperidine rings is 1. The first-order valence-electron chi connectivity index (χ1n) is 6.47. The number of benzene rings is 1. The number of carboxylic acid groups (broad SMARTS) is 1. The van der Waals surface area contributed by atoms with Crippen molar-refractivity contribution in [2.75, 3.05) is 13.1 Å². The minimum atomic E-state index is -0.777. The fourth-order valence-electron chi connectivity index (χ4n) is 2.72. The highest BCUT2D eigenvalue weighted by Crippen LogP contribution is 2.20. The van der Waals surface area contributed by atoms with Gasteiger partial charge < -0.3 is 10.8 Å². The van der Waals surface area contributed by atoms with Gasteiger partial charge >= 0.3 is 5.97 Å². The first-order chi connectivity index (χ1) is 9.02. The second kappa shape index (κ2) is 6.12. The molecule has 2 atom stereocenters. The van der Waals surface area contributed by atoms with Gasteiger partial charge in [-0.3, -0.25) is 9.69 Å². The van der Waals surface area contributed by atoms with Gasteiger partial charge in [0.1, 0.15) is 5.82 Å². The molecule has 1 aliphatic heterocycles. The molecule has 1 aromatic rings. The molecule has 4 nitrogen and oxygen atoms in total. The number of nitrogens with two attached hydrogens (primary N) is 1. The largest absolute Gasteiger partial charge is 0.481 e. The Morgan fingerprint density at radius 3 is 2.68 bits per heavy atom. The van der Waals surface area contributed by atoms with Crippen LogP contribution in [-0.2, 0) is 11.3 Å². The van der Waals surface area contributed by atoms with Gasteiger partial charge in [0.25, 0.3) is 0 Å². The van der Waals surface area contributed by atoms with Crippen molar-refractivity contribution >= 4 is 5.97 Å². The molecular formula is C14H19FN2O2. The van der Waals surface area contributed by atoms with Gasteiger partial charge in [0.15, 0.2) is 0 Å². The zero-order chi connectivity index (χ0) is 13.8. The predicted octanol–water partition coefficient (Wildman–Crippen LogP) is 1.45. The molecule has 1 aromatic carbocycles. The van der Waals surface area contributed by atoms with E-state index in [1.54, 1.807) is 12.1 Å². The number of nitrogens with zero attached hydrogens (tertiary/aromatic N) is 1. The molecule has 0 spiro atoms. The molecule has 1 aliphatic rings. The van der Waals surface area contributed by atoms with E-state index in [2.05, 4.69) is 4.90 Å². The van der Waals surface area contributed by atoms with Crippen LogP contribution in [-0.4, -0.2) is 35.1 Å². The fourth-order valence-corrected chi connectivity index (χ4v) is 2.72. The lowest BCUT2D eigenvalue weighted by molar-refractivity contribution is -0.138. The molecule has 5 heteroatoms. The van der Waals surface area contributed by atoms with Gasteiger partial charge in [0.2, 0.25) is 0 Å². The molecule has 1 fully saturated rings. The van der Waals surface area contributed by atoms with Crippen LogP contribution in [0.25, 0.3) is 0 Å². The van der Waals surface area contributed by atoms with E-state index >= 15 is 0 Å². The van der Waals surface area contributed by atoms with E-state index in [1.807, 2.05) is 0 Å². The first-order valence-corrected chi connectivity index (χ1v) is 6.47. The number of hydrogen-bond donors (Lipinski definition) is 2. The minimum absolute atomic E-state index is 0.0125. The van der Waals surface area contributed by atoms with E-state index in [0.717, 1.165) is 25.1 Å². The van der Waals surface area contributed by atoms with Crippen molar-refractivity contribution in [2.24, 2.45) is 11.7 Å². The number of halogens is 1. The molecule has 1 heterocycles. The highest BCUT2D eigenvalue weighted by atomic mass is 19.1. The highest BCUT2D eigenvalue weighted by molar-refractivity contribution is 5.67. The third-order valence-corrected chi connectivity index (χ3v) is 3.43. The van der Waals surface area contributed by atoms with Crippen LogP contribution in [0.15, 0.2) is 24.3 Å². The molecule has 2 unspecified atom stereocenters. The number of hydrogen-bond acceptors (Lipinski definition) is 3. The number of carbonyl (C=O) groups is 1. The second-order valence-electron chi connectivity index (χ2n) is 5.28. The molecule has 3 N–H and O–H groups in total. The highest BCUT2D eigenvalue weighted by Gasteiger charge is 2.26. The summed E-state index contributed by atoms with van der Waals surface area (Å²) in [5, 5.41) is 8.86. The van der Waals surface area contributed by atoms with Crippen LogP contribution in [0.5, 0.6) is 0 Å². The van der Waals surface area contributed by atoms with E-state index < -0.39 is 5.97 Å². The molecule has 0 bridgehead atoms. The van der Waals surface area contributed by atoms with Crippen LogP contribution < -0.4 is 5.73 Å². The van der Waals surface area contributed by atoms with Crippen molar-refractivity contribution < 1.29 is 14.3 Å². The maximum absolute atomic E-state index is 12.8. The van der Waals surface area contributed by atoms with E-state index in [4.69, 9.17) is 10.8 Å². The van der Waals surface area contributed by atoms with Gasteiger partial charge in [-0.1, -0.05) is 12.1 Å². The standard InChI is InChI=1S/C14H19FN2O2/c15-12-3-1-10(2-4-12)7-17-8-11(6-14(18)19)5-13(16)9-17/h1-4,11,13H,5-9,16H2,(H,18,19). The quantitative estimate of drug-likeness (QED) is 0.865. The fraction of sp³-hybridized carbons (Fsp3) is 0.500. The number of likely N-dealkylation sites (tertiary alicyclic amines) is 1. The summed E-state index contributed by atoms with van der Waals surface area (Å²) in [5.74, 6) is -0.926.